The Bertz CT molecular complexity index is 744. The molecule has 1 N–H and O–H groups in total. The Morgan fingerprint density at radius 3 is 2.88 bits per heavy atom. The van der Waals surface area contributed by atoms with Crippen molar-refractivity contribution in [3.05, 3.63) is 35.7 Å². The van der Waals surface area contributed by atoms with Crippen molar-refractivity contribution in [3.8, 4) is 11.4 Å². The molecule has 0 radical (unpaired) electrons. The van der Waals surface area contributed by atoms with Crippen LogP contribution in [-0.4, -0.2) is 28.3 Å². The quantitative estimate of drug-likeness (QED) is 0.807. The second-order valence-corrected chi connectivity index (χ2v) is 6.82. The molecule has 134 valence electrons. The highest BCUT2D eigenvalue weighted by atomic mass is 32.2. The first-order valence-electron chi connectivity index (χ1n) is 7.76. The van der Waals surface area contributed by atoms with Gasteiger partial charge in [0, 0.05) is 12.1 Å². The third-order valence-corrected chi connectivity index (χ3v) is 4.58. The van der Waals surface area contributed by atoms with E-state index in [1.807, 2.05) is 0 Å². The van der Waals surface area contributed by atoms with E-state index in [1.165, 1.54) is 36.7 Å². The molecule has 1 aliphatic carbocycles. The molecule has 0 atom stereocenters. The van der Waals surface area contributed by atoms with Gasteiger partial charge in [-0.1, -0.05) is 17.3 Å². The highest BCUT2D eigenvalue weighted by Gasteiger charge is 2.30. The molecule has 1 heterocycles. The van der Waals surface area contributed by atoms with Crippen molar-refractivity contribution in [1.82, 2.24) is 15.5 Å². The minimum Gasteiger partial charge on any atom is -0.355 e. The molecule has 3 rings (SSSR count). The van der Waals surface area contributed by atoms with E-state index in [0.717, 1.165) is 18.7 Å². The maximum absolute atomic E-state index is 12.7. The topological polar surface area (TPSA) is 68.0 Å². The number of alkyl halides is 3. The third-order valence-electron chi connectivity index (χ3n) is 3.66. The average Bonchev–Trinajstić information content (AvgIpc) is 3.29. The summed E-state index contributed by atoms with van der Waals surface area (Å²) < 4.78 is 43.3. The van der Waals surface area contributed by atoms with Gasteiger partial charge in [0.05, 0.1) is 17.1 Å². The molecule has 0 aliphatic heterocycles. The zero-order valence-corrected chi connectivity index (χ0v) is 14.0. The Labute approximate surface area is 146 Å². The number of carbonyl (C=O) groups is 1. The van der Waals surface area contributed by atoms with Crippen molar-refractivity contribution in [2.24, 2.45) is 5.92 Å². The van der Waals surface area contributed by atoms with E-state index in [4.69, 9.17) is 4.52 Å². The monoisotopic (exact) mass is 371 g/mol. The van der Waals surface area contributed by atoms with Crippen LogP contribution in [0.3, 0.4) is 0 Å². The number of amides is 1. The normalized spacial score (nSPS) is 14.5. The van der Waals surface area contributed by atoms with E-state index in [1.54, 1.807) is 0 Å². The number of carbonyl (C=O) groups excluding carboxylic acids is 1. The molecule has 1 aliphatic rings. The van der Waals surface area contributed by atoms with Crippen molar-refractivity contribution in [1.29, 1.82) is 0 Å². The summed E-state index contributed by atoms with van der Waals surface area (Å²) in [7, 11) is 0. The Morgan fingerprint density at radius 1 is 1.36 bits per heavy atom. The van der Waals surface area contributed by atoms with Crippen LogP contribution in [0.1, 0.15) is 24.3 Å². The number of hydrogen-bond donors (Lipinski definition) is 1. The van der Waals surface area contributed by atoms with Crippen LogP contribution in [0.4, 0.5) is 13.2 Å². The number of halogens is 3. The lowest BCUT2D eigenvalue weighted by molar-refractivity contribution is -0.137. The summed E-state index contributed by atoms with van der Waals surface area (Å²) in [6, 6.07) is 4.75. The number of hydrogen-bond acceptors (Lipinski definition) is 5. The van der Waals surface area contributed by atoms with Crippen LogP contribution in [0.5, 0.6) is 0 Å². The first-order valence-corrected chi connectivity index (χ1v) is 8.92. The summed E-state index contributed by atoms with van der Waals surface area (Å²) in [6.07, 6.45) is -2.08. The zero-order valence-electron chi connectivity index (χ0n) is 13.2. The van der Waals surface area contributed by atoms with E-state index in [-0.39, 0.29) is 28.9 Å². The summed E-state index contributed by atoms with van der Waals surface area (Å²) in [5.41, 5.74) is -0.532. The highest BCUT2D eigenvalue weighted by Crippen LogP contribution is 2.31. The molecule has 1 saturated carbocycles. The number of rotatable bonds is 7. The Morgan fingerprint density at radius 2 is 2.16 bits per heavy atom. The predicted molar refractivity (Wildman–Crippen MR) is 86.6 cm³/mol. The lowest BCUT2D eigenvalue weighted by Gasteiger charge is -2.06. The van der Waals surface area contributed by atoms with Crippen molar-refractivity contribution in [2.75, 3.05) is 12.3 Å². The summed E-state index contributed by atoms with van der Waals surface area (Å²) in [5.74, 6) is 1.54. The first-order chi connectivity index (χ1) is 11.9. The third kappa shape index (κ3) is 5.22. The maximum Gasteiger partial charge on any atom is 0.416 e. The van der Waals surface area contributed by atoms with Crippen molar-refractivity contribution >= 4 is 17.7 Å². The molecule has 1 aromatic carbocycles. The molecule has 0 unspecified atom stereocenters. The molecule has 0 spiro atoms. The van der Waals surface area contributed by atoms with Crippen LogP contribution in [0, 0.1) is 5.92 Å². The van der Waals surface area contributed by atoms with E-state index >= 15 is 0 Å². The molecular weight excluding hydrogens is 355 g/mol. The molecule has 1 aromatic heterocycles. The molecule has 0 bridgehead atoms. The molecule has 5 nitrogen and oxygen atoms in total. The zero-order chi connectivity index (χ0) is 17.9. The van der Waals surface area contributed by atoms with E-state index < -0.39 is 11.7 Å². The second-order valence-electron chi connectivity index (χ2n) is 5.83. The molecule has 25 heavy (non-hydrogen) atoms. The van der Waals surface area contributed by atoms with Gasteiger partial charge in [0.2, 0.25) is 17.6 Å². The van der Waals surface area contributed by atoms with Crippen molar-refractivity contribution < 1.29 is 22.5 Å². The first kappa shape index (κ1) is 17.8. The van der Waals surface area contributed by atoms with Crippen LogP contribution in [0.25, 0.3) is 11.4 Å². The van der Waals surface area contributed by atoms with Gasteiger partial charge in [0.25, 0.3) is 0 Å². The van der Waals surface area contributed by atoms with E-state index in [0.29, 0.717) is 11.7 Å². The number of nitrogens with one attached hydrogen (secondary N) is 1. The number of nitrogens with zero attached hydrogens (tertiary/aromatic N) is 2. The van der Waals surface area contributed by atoms with Crippen molar-refractivity contribution in [3.63, 3.8) is 0 Å². The largest absolute Gasteiger partial charge is 0.416 e. The number of thioether (sulfide) groups is 1. The van der Waals surface area contributed by atoms with Crippen LogP contribution >= 0.6 is 11.8 Å². The van der Waals surface area contributed by atoms with Gasteiger partial charge in [0.15, 0.2) is 0 Å². The number of benzene rings is 1. The fourth-order valence-electron chi connectivity index (χ4n) is 2.13. The molecule has 2 aromatic rings. The Balaban J connectivity index is 1.52. The van der Waals surface area contributed by atoms with Gasteiger partial charge in [-0.25, -0.2) is 0 Å². The second kappa shape index (κ2) is 7.47. The minimum atomic E-state index is -4.42. The molecule has 1 amide bonds. The van der Waals surface area contributed by atoms with Gasteiger partial charge in [-0.15, -0.1) is 11.8 Å². The van der Waals surface area contributed by atoms with Gasteiger partial charge < -0.3 is 9.84 Å². The smallest absolute Gasteiger partial charge is 0.355 e. The standard InChI is InChI=1S/C16H16F3N3O2S/c17-16(18,19)12-3-1-2-11(6-12)15-21-14(24-22-15)9-25-8-13(23)20-7-10-4-5-10/h1-3,6,10H,4-5,7-9H2,(H,20,23). The minimum absolute atomic E-state index is 0.0467. The van der Waals surface area contributed by atoms with Gasteiger partial charge in [-0.3, -0.25) is 4.79 Å². The fraction of sp³-hybridized carbons (Fsp3) is 0.438. The fourth-order valence-corrected chi connectivity index (χ4v) is 2.81. The molecule has 1 fully saturated rings. The lowest BCUT2D eigenvalue weighted by atomic mass is 10.1. The lowest BCUT2D eigenvalue weighted by Crippen LogP contribution is -2.27. The van der Waals surface area contributed by atoms with Gasteiger partial charge in [-0.05, 0) is 30.9 Å². The van der Waals surface area contributed by atoms with Gasteiger partial charge in [-0.2, -0.15) is 18.2 Å². The van der Waals surface area contributed by atoms with Crippen LogP contribution < -0.4 is 5.32 Å². The Hall–Kier alpha value is -2.03. The Kier molecular flexibility index (Phi) is 5.31. The summed E-state index contributed by atoms with van der Waals surface area (Å²) in [5, 5.41) is 6.56. The molecule has 9 heteroatoms. The maximum atomic E-state index is 12.7. The molecular formula is C16H16F3N3O2S. The van der Waals surface area contributed by atoms with Gasteiger partial charge >= 0.3 is 6.18 Å². The van der Waals surface area contributed by atoms with E-state index in [9.17, 15) is 18.0 Å². The van der Waals surface area contributed by atoms with Crippen LogP contribution in [0.2, 0.25) is 0 Å². The molecule has 0 saturated heterocycles. The summed E-state index contributed by atoms with van der Waals surface area (Å²) >= 11 is 1.31. The summed E-state index contributed by atoms with van der Waals surface area (Å²) in [6.45, 7) is 0.722. The number of aromatic nitrogens is 2. The average molecular weight is 371 g/mol. The van der Waals surface area contributed by atoms with Crippen LogP contribution in [0.15, 0.2) is 28.8 Å². The van der Waals surface area contributed by atoms with E-state index in [2.05, 4.69) is 15.5 Å². The summed E-state index contributed by atoms with van der Waals surface area (Å²) in [4.78, 5) is 15.7. The predicted octanol–water partition coefficient (Wildman–Crippen LogP) is 3.51. The highest BCUT2D eigenvalue weighted by molar-refractivity contribution is 7.99. The van der Waals surface area contributed by atoms with Crippen LogP contribution in [-0.2, 0) is 16.7 Å². The van der Waals surface area contributed by atoms with Gasteiger partial charge in [0.1, 0.15) is 0 Å². The van der Waals surface area contributed by atoms with Crippen molar-refractivity contribution in [2.45, 2.75) is 24.8 Å². The SMILES string of the molecule is O=C(CSCc1nc(-c2cccc(C(F)(F)F)c2)no1)NCC1CC1.